The molecule has 0 radical (unpaired) electrons. The predicted octanol–water partition coefficient (Wildman–Crippen LogP) is 4.63. The third-order valence-electron chi connectivity index (χ3n) is 6.03. The number of hydrogen-bond donors (Lipinski definition) is 1. The lowest BCUT2D eigenvalue weighted by Crippen LogP contribution is -2.39. The van der Waals surface area contributed by atoms with Crippen LogP contribution in [0, 0.1) is 5.92 Å². The molecule has 6 nitrogen and oxygen atoms in total. The van der Waals surface area contributed by atoms with E-state index in [-0.39, 0.29) is 23.0 Å². The van der Waals surface area contributed by atoms with Crippen molar-refractivity contribution in [2.75, 3.05) is 25.0 Å². The lowest BCUT2D eigenvalue weighted by molar-refractivity contribution is 0.100. The summed E-state index contributed by atoms with van der Waals surface area (Å²) in [5.41, 5.74) is 2.08. The first-order valence-electron chi connectivity index (χ1n) is 11.4. The Morgan fingerprint density at radius 2 is 1.62 bits per heavy atom. The molecule has 0 bridgehead atoms. The van der Waals surface area contributed by atoms with Gasteiger partial charge in [-0.25, -0.2) is 8.42 Å². The van der Waals surface area contributed by atoms with Gasteiger partial charge in [-0.2, -0.15) is 4.31 Å². The van der Waals surface area contributed by atoms with Crippen molar-refractivity contribution >= 4 is 27.3 Å². The molecule has 0 spiro atoms. The highest BCUT2D eigenvalue weighted by Gasteiger charge is 2.29. The number of ketones is 2. The highest BCUT2D eigenvalue weighted by molar-refractivity contribution is 7.89. The Morgan fingerprint density at radius 1 is 0.912 bits per heavy atom. The van der Waals surface area contributed by atoms with E-state index in [1.807, 2.05) is 18.2 Å². The number of carbonyl (C=O) groups excluding carboxylic acids is 2. The van der Waals surface area contributed by atoms with Crippen molar-refractivity contribution < 1.29 is 18.0 Å². The molecular formula is C27H28N2O4S. The Bertz CT molecular complexity index is 1290. The van der Waals surface area contributed by atoms with Crippen LogP contribution in [0.5, 0.6) is 0 Å². The van der Waals surface area contributed by atoms with Gasteiger partial charge < -0.3 is 5.32 Å². The van der Waals surface area contributed by atoms with Gasteiger partial charge >= 0.3 is 0 Å². The molecule has 34 heavy (non-hydrogen) atoms. The molecule has 0 aliphatic carbocycles. The van der Waals surface area contributed by atoms with Crippen LogP contribution in [-0.4, -0.2) is 43.9 Å². The summed E-state index contributed by atoms with van der Waals surface area (Å²) in [6, 6.07) is 22.2. The molecule has 0 aromatic heterocycles. The molecule has 0 saturated carbocycles. The molecule has 1 unspecified atom stereocenters. The maximum atomic E-state index is 13.1. The topological polar surface area (TPSA) is 83.6 Å². The molecule has 3 aromatic carbocycles. The smallest absolute Gasteiger partial charge is 0.243 e. The second-order valence-corrected chi connectivity index (χ2v) is 10.6. The average Bonchev–Trinajstić information content (AvgIpc) is 2.87. The molecule has 1 fully saturated rings. The van der Waals surface area contributed by atoms with Crippen molar-refractivity contribution in [3.63, 3.8) is 0 Å². The molecule has 7 heteroatoms. The van der Waals surface area contributed by atoms with Gasteiger partial charge in [-0.05, 0) is 43.0 Å². The largest absolute Gasteiger partial charge is 0.378 e. The third kappa shape index (κ3) is 5.43. The van der Waals surface area contributed by atoms with Gasteiger partial charge in [0.15, 0.2) is 11.6 Å². The molecule has 1 saturated heterocycles. The number of sulfonamides is 1. The first-order chi connectivity index (χ1) is 16.3. The first-order valence-corrected chi connectivity index (χ1v) is 12.9. The molecule has 176 valence electrons. The Balaban J connectivity index is 1.44. The zero-order valence-corrected chi connectivity index (χ0v) is 19.9. The van der Waals surface area contributed by atoms with Gasteiger partial charge in [-0.15, -0.1) is 0 Å². The minimum atomic E-state index is -3.64. The van der Waals surface area contributed by atoms with Crippen molar-refractivity contribution in [3.05, 3.63) is 95.6 Å². The van der Waals surface area contributed by atoms with Gasteiger partial charge in [0.25, 0.3) is 0 Å². The van der Waals surface area contributed by atoms with Crippen molar-refractivity contribution in [2.24, 2.45) is 5.92 Å². The summed E-state index contributed by atoms with van der Waals surface area (Å²) in [7, 11) is -3.64. The van der Waals surface area contributed by atoms with Crippen LogP contribution in [0.3, 0.4) is 0 Å². The van der Waals surface area contributed by atoms with Crippen LogP contribution in [-0.2, 0) is 10.0 Å². The number of hydrogen-bond acceptors (Lipinski definition) is 5. The predicted molar refractivity (Wildman–Crippen MR) is 133 cm³/mol. The van der Waals surface area contributed by atoms with Crippen LogP contribution < -0.4 is 5.32 Å². The number of carbonyl (C=O) groups is 2. The van der Waals surface area contributed by atoms with Crippen molar-refractivity contribution in [3.8, 4) is 0 Å². The van der Waals surface area contributed by atoms with Gasteiger partial charge in [0.2, 0.25) is 10.0 Å². The molecule has 1 N–H and O–H groups in total. The quantitative estimate of drug-likeness (QED) is 0.479. The van der Waals surface area contributed by atoms with Crippen LogP contribution in [0.1, 0.15) is 46.0 Å². The molecule has 1 aliphatic heterocycles. The second-order valence-electron chi connectivity index (χ2n) is 8.69. The van der Waals surface area contributed by atoms with Gasteiger partial charge in [0, 0.05) is 35.5 Å². The number of rotatable bonds is 8. The van der Waals surface area contributed by atoms with Crippen LogP contribution in [0.25, 0.3) is 0 Å². The zero-order valence-electron chi connectivity index (χ0n) is 19.1. The molecular weight excluding hydrogens is 448 g/mol. The van der Waals surface area contributed by atoms with Crippen LogP contribution in [0.4, 0.5) is 5.69 Å². The van der Waals surface area contributed by atoms with Gasteiger partial charge in [0.05, 0.1) is 11.4 Å². The van der Waals surface area contributed by atoms with Crippen molar-refractivity contribution in [1.82, 2.24) is 4.31 Å². The van der Waals surface area contributed by atoms with Crippen LogP contribution in [0.15, 0.2) is 83.8 Å². The Hall–Kier alpha value is -3.29. The van der Waals surface area contributed by atoms with E-state index >= 15 is 0 Å². The molecule has 1 aliphatic rings. The minimum absolute atomic E-state index is 0.0206. The number of nitrogens with zero attached hydrogens (tertiary/aromatic N) is 1. The highest BCUT2D eigenvalue weighted by Crippen LogP contribution is 2.24. The van der Waals surface area contributed by atoms with E-state index in [9.17, 15) is 18.0 Å². The standard InChI is InChI=1S/C27H28N2O4S/c1-20-8-7-15-29(19-20)34(32,33)25-14-6-11-22(17-25)26(30)18-28-24-13-5-12-23(16-24)27(31)21-9-3-2-4-10-21/h2-6,9-14,16-17,20,28H,7-8,15,18-19H2,1H3. The second kappa shape index (κ2) is 10.3. The van der Waals surface area contributed by atoms with Gasteiger partial charge in [-0.3, -0.25) is 9.59 Å². The SMILES string of the molecule is CC1CCCN(S(=O)(=O)c2cccc(C(=O)CNc3cccc(C(=O)c4ccccc4)c3)c2)C1. The molecule has 3 aromatic rings. The van der Waals surface area contributed by atoms with E-state index in [4.69, 9.17) is 0 Å². The molecule has 4 rings (SSSR count). The lowest BCUT2D eigenvalue weighted by Gasteiger charge is -2.30. The van der Waals surface area contributed by atoms with E-state index in [1.165, 1.54) is 16.4 Å². The van der Waals surface area contributed by atoms with Crippen LogP contribution >= 0.6 is 0 Å². The summed E-state index contributed by atoms with van der Waals surface area (Å²) < 4.78 is 27.7. The summed E-state index contributed by atoms with van der Waals surface area (Å²) >= 11 is 0. The monoisotopic (exact) mass is 476 g/mol. The summed E-state index contributed by atoms with van der Waals surface area (Å²) in [6.45, 7) is 3.04. The Labute approximate surface area is 200 Å². The minimum Gasteiger partial charge on any atom is -0.378 e. The van der Waals surface area contributed by atoms with Crippen molar-refractivity contribution in [2.45, 2.75) is 24.7 Å². The fourth-order valence-corrected chi connectivity index (χ4v) is 5.80. The fourth-order valence-electron chi connectivity index (χ4n) is 4.15. The van der Waals surface area contributed by atoms with E-state index in [1.54, 1.807) is 48.5 Å². The van der Waals surface area contributed by atoms with Crippen molar-refractivity contribution in [1.29, 1.82) is 0 Å². The first kappa shape index (κ1) is 23.9. The fraction of sp³-hybridized carbons (Fsp3) is 0.259. The normalized spacial score (nSPS) is 16.7. The number of piperidine rings is 1. The molecule has 1 atom stereocenters. The summed E-state index contributed by atoms with van der Waals surface area (Å²) in [6.07, 6.45) is 1.86. The maximum absolute atomic E-state index is 13.1. The van der Waals surface area contributed by atoms with Gasteiger partial charge in [0.1, 0.15) is 0 Å². The van der Waals surface area contributed by atoms with E-state index in [0.717, 1.165) is 12.8 Å². The lowest BCUT2D eigenvalue weighted by atomic mass is 10.0. The number of benzene rings is 3. The Morgan fingerprint density at radius 3 is 2.38 bits per heavy atom. The third-order valence-corrected chi connectivity index (χ3v) is 7.89. The summed E-state index contributed by atoms with van der Waals surface area (Å²) in [5.74, 6) is -0.00792. The van der Waals surface area contributed by atoms with E-state index < -0.39 is 10.0 Å². The van der Waals surface area contributed by atoms with E-state index in [0.29, 0.717) is 41.4 Å². The molecule has 1 heterocycles. The number of anilines is 1. The summed E-state index contributed by atoms with van der Waals surface area (Å²) in [5, 5.41) is 3.06. The van der Waals surface area contributed by atoms with Gasteiger partial charge in [-0.1, -0.05) is 61.5 Å². The maximum Gasteiger partial charge on any atom is 0.243 e. The average molecular weight is 477 g/mol. The van der Waals surface area contributed by atoms with Crippen LogP contribution in [0.2, 0.25) is 0 Å². The molecule has 0 amide bonds. The Kier molecular flexibility index (Phi) is 7.24. The highest BCUT2D eigenvalue weighted by atomic mass is 32.2. The number of Topliss-reactive ketones (excluding diaryl/α,β-unsaturated/α-hetero) is 1. The van der Waals surface area contributed by atoms with E-state index in [2.05, 4.69) is 12.2 Å². The number of nitrogens with one attached hydrogen (secondary N) is 1. The summed E-state index contributed by atoms with van der Waals surface area (Å²) in [4.78, 5) is 25.7. The zero-order chi connectivity index (χ0) is 24.1.